The van der Waals surface area contributed by atoms with E-state index in [0.29, 0.717) is 0 Å². The van der Waals surface area contributed by atoms with Crippen molar-refractivity contribution in [3.8, 4) is 5.75 Å². The highest BCUT2D eigenvalue weighted by Gasteiger charge is 2.26. The van der Waals surface area contributed by atoms with Crippen LogP contribution >= 0.6 is 11.6 Å². The summed E-state index contributed by atoms with van der Waals surface area (Å²) in [7, 11) is 0. The molecule has 0 fully saturated rings. The minimum Gasteiger partial charge on any atom is -0.506 e. The first-order valence-corrected chi connectivity index (χ1v) is 4.84. The molecule has 1 aromatic rings. The average Bonchev–Trinajstić information content (AvgIpc) is 2.08. The molecule has 0 saturated carbocycles. The summed E-state index contributed by atoms with van der Waals surface area (Å²) in [6, 6.07) is 2.00. The van der Waals surface area contributed by atoms with Crippen LogP contribution in [0.15, 0.2) is 12.1 Å². The second-order valence-electron chi connectivity index (χ2n) is 4.36. The van der Waals surface area contributed by atoms with E-state index in [2.05, 4.69) is 0 Å². The number of Topliss-reactive ketones (excluding diaryl/α,β-unsaturated/α-hetero) is 1. The van der Waals surface area contributed by atoms with E-state index in [9.17, 15) is 9.18 Å². The summed E-state index contributed by atoms with van der Waals surface area (Å²) < 4.78 is 13.4. The first kappa shape index (κ1) is 12.0. The lowest BCUT2D eigenvalue weighted by Gasteiger charge is -2.17. The summed E-state index contributed by atoms with van der Waals surface area (Å²) in [4.78, 5) is 11.8. The average molecular weight is 231 g/mol. The molecule has 2 nitrogen and oxygen atoms in total. The van der Waals surface area contributed by atoms with Gasteiger partial charge in [-0.15, -0.1) is 0 Å². The molecular formula is C11H12ClFO2. The number of carbonyl (C=O) groups is 1. The van der Waals surface area contributed by atoms with Gasteiger partial charge in [0.25, 0.3) is 0 Å². The van der Waals surface area contributed by atoms with E-state index >= 15 is 0 Å². The molecule has 82 valence electrons. The van der Waals surface area contributed by atoms with Gasteiger partial charge in [0.15, 0.2) is 5.78 Å². The number of rotatable bonds is 1. The van der Waals surface area contributed by atoms with Crippen molar-refractivity contribution in [2.24, 2.45) is 5.41 Å². The highest BCUT2D eigenvalue weighted by atomic mass is 35.5. The van der Waals surface area contributed by atoms with Crippen LogP contribution in [0.25, 0.3) is 0 Å². The number of halogens is 2. The second kappa shape index (κ2) is 3.81. The maximum absolute atomic E-state index is 13.4. The molecule has 0 aliphatic rings. The van der Waals surface area contributed by atoms with Crippen molar-refractivity contribution in [1.29, 1.82) is 0 Å². The first-order valence-electron chi connectivity index (χ1n) is 4.46. The van der Waals surface area contributed by atoms with E-state index in [1.54, 1.807) is 20.8 Å². The van der Waals surface area contributed by atoms with Crippen LogP contribution in [0.3, 0.4) is 0 Å². The van der Waals surface area contributed by atoms with Crippen LogP contribution in [0.5, 0.6) is 5.75 Å². The Morgan fingerprint density at radius 3 is 2.40 bits per heavy atom. The quantitative estimate of drug-likeness (QED) is 0.751. The highest BCUT2D eigenvalue weighted by Crippen LogP contribution is 2.30. The number of benzene rings is 1. The Kier molecular flexibility index (Phi) is 3.05. The minimum atomic E-state index is -0.753. The predicted octanol–water partition coefficient (Wildman–Crippen LogP) is 3.41. The monoisotopic (exact) mass is 230 g/mol. The third-order valence-electron chi connectivity index (χ3n) is 1.96. The van der Waals surface area contributed by atoms with Gasteiger partial charge in [-0.1, -0.05) is 32.4 Å². The number of ketones is 1. The van der Waals surface area contributed by atoms with Crippen molar-refractivity contribution in [3.05, 3.63) is 28.5 Å². The van der Waals surface area contributed by atoms with Crippen LogP contribution in [-0.2, 0) is 0 Å². The molecule has 1 aromatic carbocycles. The van der Waals surface area contributed by atoms with Gasteiger partial charge in [-0.05, 0) is 6.07 Å². The summed E-state index contributed by atoms with van der Waals surface area (Å²) in [5.41, 5.74) is -0.772. The number of hydrogen-bond donors (Lipinski definition) is 1. The molecule has 1 rings (SSSR count). The second-order valence-corrected chi connectivity index (χ2v) is 4.77. The van der Waals surface area contributed by atoms with E-state index in [4.69, 9.17) is 16.7 Å². The maximum Gasteiger partial charge on any atom is 0.171 e. The van der Waals surface area contributed by atoms with Crippen molar-refractivity contribution in [1.82, 2.24) is 0 Å². The fourth-order valence-corrected chi connectivity index (χ4v) is 1.28. The van der Waals surface area contributed by atoms with Crippen LogP contribution in [0.4, 0.5) is 4.39 Å². The lowest BCUT2D eigenvalue weighted by molar-refractivity contribution is 0.0854. The van der Waals surface area contributed by atoms with E-state index < -0.39 is 11.2 Å². The Balaban J connectivity index is 3.28. The Bertz CT molecular complexity index is 408. The molecule has 15 heavy (non-hydrogen) atoms. The normalized spacial score (nSPS) is 11.5. The van der Waals surface area contributed by atoms with Gasteiger partial charge in [-0.25, -0.2) is 4.39 Å². The smallest absolute Gasteiger partial charge is 0.171 e. The molecule has 0 amide bonds. The summed E-state index contributed by atoms with van der Waals surface area (Å²) in [5.74, 6) is -1.46. The third kappa shape index (κ3) is 2.48. The van der Waals surface area contributed by atoms with Crippen LogP contribution < -0.4 is 0 Å². The van der Waals surface area contributed by atoms with Gasteiger partial charge in [0.2, 0.25) is 0 Å². The number of carbonyl (C=O) groups excluding carboxylic acids is 1. The summed E-state index contributed by atoms with van der Waals surface area (Å²) in [6.07, 6.45) is 0. The zero-order valence-electron chi connectivity index (χ0n) is 8.77. The zero-order chi connectivity index (χ0) is 11.8. The fourth-order valence-electron chi connectivity index (χ4n) is 1.11. The van der Waals surface area contributed by atoms with Gasteiger partial charge in [0, 0.05) is 11.5 Å². The molecule has 0 saturated heterocycles. The van der Waals surface area contributed by atoms with Crippen LogP contribution in [0, 0.1) is 11.2 Å². The van der Waals surface area contributed by atoms with Gasteiger partial charge in [0.1, 0.15) is 11.6 Å². The van der Waals surface area contributed by atoms with Crippen LogP contribution in [-0.4, -0.2) is 10.9 Å². The van der Waals surface area contributed by atoms with E-state index in [-0.39, 0.29) is 22.1 Å². The molecule has 0 bridgehead atoms. The molecule has 0 aromatic heterocycles. The van der Waals surface area contributed by atoms with Crippen molar-refractivity contribution < 1.29 is 14.3 Å². The molecule has 0 aliphatic heterocycles. The van der Waals surface area contributed by atoms with Crippen molar-refractivity contribution in [2.45, 2.75) is 20.8 Å². The molecule has 0 unspecified atom stereocenters. The standard InChI is InChI=1S/C11H12ClFO2/c1-11(2,3)10(15)6-4-7(12)9(14)5-8(6)13/h4-5,14H,1-3H3. The third-order valence-corrected chi connectivity index (χ3v) is 2.27. The molecular weight excluding hydrogens is 219 g/mol. The number of hydrogen-bond acceptors (Lipinski definition) is 2. The Morgan fingerprint density at radius 2 is 1.93 bits per heavy atom. The minimum absolute atomic E-state index is 0.0241. The van der Waals surface area contributed by atoms with E-state index in [1.807, 2.05) is 0 Å². The lowest BCUT2D eigenvalue weighted by Crippen LogP contribution is -2.21. The SMILES string of the molecule is CC(C)(C)C(=O)c1cc(Cl)c(O)cc1F. The summed E-state index contributed by atoms with van der Waals surface area (Å²) in [5, 5.41) is 9.10. The molecule has 1 N–H and O–H groups in total. The van der Waals surface area contributed by atoms with Crippen molar-refractivity contribution >= 4 is 17.4 Å². The Morgan fingerprint density at radius 1 is 1.40 bits per heavy atom. The predicted molar refractivity (Wildman–Crippen MR) is 56.9 cm³/mol. The van der Waals surface area contributed by atoms with Gasteiger partial charge in [-0.3, -0.25) is 4.79 Å². The number of phenolic OH excluding ortho intramolecular Hbond substituents is 1. The molecule has 0 aliphatic carbocycles. The van der Waals surface area contributed by atoms with Crippen LogP contribution in [0.2, 0.25) is 5.02 Å². The summed E-state index contributed by atoms with van der Waals surface area (Å²) in [6.45, 7) is 5.07. The summed E-state index contributed by atoms with van der Waals surface area (Å²) >= 11 is 5.61. The van der Waals surface area contributed by atoms with Crippen molar-refractivity contribution in [2.75, 3.05) is 0 Å². The number of aromatic hydroxyl groups is 1. The largest absolute Gasteiger partial charge is 0.506 e. The molecule has 0 radical (unpaired) electrons. The topological polar surface area (TPSA) is 37.3 Å². The maximum atomic E-state index is 13.4. The Hall–Kier alpha value is -1.09. The Labute approximate surface area is 92.7 Å². The van der Waals surface area contributed by atoms with Crippen molar-refractivity contribution in [3.63, 3.8) is 0 Å². The zero-order valence-corrected chi connectivity index (χ0v) is 9.52. The van der Waals surface area contributed by atoms with Crippen LogP contribution in [0.1, 0.15) is 31.1 Å². The fraction of sp³-hybridized carbons (Fsp3) is 0.364. The van der Waals surface area contributed by atoms with E-state index in [1.165, 1.54) is 0 Å². The lowest BCUT2D eigenvalue weighted by atomic mass is 9.86. The molecule has 4 heteroatoms. The van der Waals surface area contributed by atoms with Gasteiger partial charge >= 0.3 is 0 Å². The number of phenols is 1. The van der Waals surface area contributed by atoms with Gasteiger partial charge in [0.05, 0.1) is 10.6 Å². The van der Waals surface area contributed by atoms with Gasteiger partial charge < -0.3 is 5.11 Å². The molecule has 0 spiro atoms. The molecule has 0 atom stereocenters. The van der Waals surface area contributed by atoms with Gasteiger partial charge in [-0.2, -0.15) is 0 Å². The first-order chi connectivity index (χ1) is 6.73. The highest BCUT2D eigenvalue weighted by molar-refractivity contribution is 6.32. The van der Waals surface area contributed by atoms with E-state index in [0.717, 1.165) is 12.1 Å². The molecule has 0 heterocycles.